The van der Waals surface area contributed by atoms with Gasteiger partial charge in [0.25, 0.3) is 0 Å². The van der Waals surface area contributed by atoms with Gasteiger partial charge in [0, 0.05) is 25.2 Å². The fourth-order valence-corrected chi connectivity index (χ4v) is 1.71. The molecule has 0 aliphatic carbocycles. The van der Waals surface area contributed by atoms with E-state index < -0.39 is 5.97 Å². The molecule has 0 spiro atoms. The summed E-state index contributed by atoms with van der Waals surface area (Å²) in [5, 5.41) is 8.67. The Hall–Kier alpha value is -0.545. The van der Waals surface area contributed by atoms with E-state index in [4.69, 9.17) is 13.1 Å². The van der Waals surface area contributed by atoms with Crippen LogP contribution in [0.4, 0.5) is 0 Å². The highest BCUT2D eigenvalue weighted by Crippen LogP contribution is 2.14. The number of likely N-dealkylation sites (N-methyl/N-ethyl adjacent to an activating group) is 1. The molecule has 1 heterocycles. The molecule has 1 rings (SSSR count). The van der Waals surface area contributed by atoms with Crippen LogP contribution < -0.4 is 0 Å². The summed E-state index contributed by atoms with van der Waals surface area (Å²) in [5.74, 6) is -0.764. The highest BCUT2D eigenvalue weighted by molar-refractivity contribution is 6.04. The summed E-state index contributed by atoms with van der Waals surface area (Å²) in [4.78, 5) is 14.3. The second-order valence-corrected chi connectivity index (χ2v) is 3.72. The van der Waals surface area contributed by atoms with Crippen molar-refractivity contribution in [3.05, 3.63) is 0 Å². The Kier molecular flexibility index (Phi) is 3.33. The van der Waals surface area contributed by atoms with E-state index in [1.807, 2.05) is 14.0 Å². The van der Waals surface area contributed by atoms with Crippen LogP contribution in [-0.4, -0.2) is 61.0 Å². The first-order chi connectivity index (χ1) is 6.00. The number of carboxylic acid groups (broad SMARTS) is 1. The molecule has 13 heavy (non-hydrogen) atoms. The first-order valence-electron chi connectivity index (χ1n) is 4.44. The molecule has 1 N–H and O–H groups in total. The molecule has 0 amide bonds. The number of rotatable bonds is 2. The largest absolute Gasteiger partial charge is 0.481 e. The van der Waals surface area contributed by atoms with E-state index in [1.54, 1.807) is 4.81 Å². The normalized spacial score (nSPS) is 31.8. The lowest BCUT2D eigenvalue weighted by atomic mass is 10.0. The van der Waals surface area contributed by atoms with Gasteiger partial charge < -0.3 is 9.92 Å². The van der Waals surface area contributed by atoms with Crippen molar-refractivity contribution in [2.24, 2.45) is 0 Å². The number of aliphatic carboxylic acids is 1. The van der Waals surface area contributed by atoms with Gasteiger partial charge in [0.2, 0.25) is 0 Å². The van der Waals surface area contributed by atoms with Crippen molar-refractivity contribution >= 4 is 14.0 Å². The predicted octanol–water partition coefficient (Wildman–Crippen LogP) is -0.451. The SMILES string of the molecule is [B]N1CC(C)N(C)C(CC(=O)O)C1. The van der Waals surface area contributed by atoms with Crippen molar-refractivity contribution in [1.82, 2.24) is 9.71 Å². The summed E-state index contributed by atoms with van der Waals surface area (Å²) in [6.07, 6.45) is 0.161. The zero-order chi connectivity index (χ0) is 10.0. The van der Waals surface area contributed by atoms with E-state index in [9.17, 15) is 4.79 Å². The summed E-state index contributed by atoms with van der Waals surface area (Å²) in [6.45, 7) is 3.48. The lowest BCUT2D eigenvalue weighted by molar-refractivity contribution is -0.139. The first-order valence-corrected chi connectivity index (χ1v) is 4.44. The van der Waals surface area contributed by atoms with Crippen LogP contribution in [0.2, 0.25) is 0 Å². The lowest BCUT2D eigenvalue weighted by Crippen LogP contribution is -2.55. The summed E-state index contributed by atoms with van der Waals surface area (Å²) < 4.78 is 0. The quantitative estimate of drug-likeness (QED) is 0.587. The van der Waals surface area contributed by atoms with Gasteiger partial charge in [0.05, 0.1) is 6.42 Å². The summed E-state index contributed by atoms with van der Waals surface area (Å²) in [7, 11) is 7.62. The fraction of sp³-hybridized carbons (Fsp3) is 0.875. The minimum Gasteiger partial charge on any atom is -0.481 e. The Balaban J connectivity index is 2.55. The zero-order valence-corrected chi connectivity index (χ0v) is 8.10. The third-order valence-corrected chi connectivity index (χ3v) is 2.63. The van der Waals surface area contributed by atoms with Crippen LogP contribution >= 0.6 is 0 Å². The third-order valence-electron chi connectivity index (χ3n) is 2.63. The maximum absolute atomic E-state index is 10.5. The van der Waals surface area contributed by atoms with E-state index in [-0.39, 0.29) is 12.5 Å². The molecule has 2 radical (unpaired) electrons. The molecule has 1 aliphatic heterocycles. The van der Waals surface area contributed by atoms with Gasteiger partial charge in [-0.1, -0.05) is 0 Å². The van der Waals surface area contributed by atoms with E-state index in [0.29, 0.717) is 12.6 Å². The Morgan fingerprint density at radius 3 is 2.77 bits per heavy atom. The Morgan fingerprint density at radius 1 is 1.62 bits per heavy atom. The lowest BCUT2D eigenvalue weighted by Gasteiger charge is -2.42. The van der Waals surface area contributed by atoms with Gasteiger partial charge in [-0.2, -0.15) is 0 Å². The molecule has 0 aromatic carbocycles. The second kappa shape index (κ2) is 4.11. The molecule has 2 atom stereocenters. The fourth-order valence-electron chi connectivity index (χ4n) is 1.71. The van der Waals surface area contributed by atoms with Crippen LogP contribution in [0, 0.1) is 0 Å². The number of hydrogen-bond donors (Lipinski definition) is 1. The molecule has 4 nitrogen and oxygen atoms in total. The summed E-state index contributed by atoms with van der Waals surface area (Å²) in [5.41, 5.74) is 0. The zero-order valence-electron chi connectivity index (χ0n) is 8.10. The molecule has 1 aliphatic rings. The maximum atomic E-state index is 10.5. The number of carbonyl (C=O) groups is 1. The van der Waals surface area contributed by atoms with Gasteiger partial charge in [0.1, 0.15) is 0 Å². The Bertz CT molecular complexity index is 201. The van der Waals surface area contributed by atoms with Gasteiger partial charge in [-0.15, -0.1) is 0 Å². The van der Waals surface area contributed by atoms with Gasteiger partial charge in [-0.05, 0) is 14.0 Å². The van der Waals surface area contributed by atoms with Crippen molar-refractivity contribution in [2.45, 2.75) is 25.4 Å². The highest BCUT2D eigenvalue weighted by atomic mass is 16.4. The molecular formula is C8H15BN2O2. The van der Waals surface area contributed by atoms with Crippen LogP contribution in [0.25, 0.3) is 0 Å². The second-order valence-electron chi connectivity index (χ2n) is 3.72. The predicted molar refractivity (Wildman–Crippen MR) is 50.6 cm³/mol. The van der Waals surface area contributed by atoms with Crippen molar-refractivity contribution in [2.75, 3.05) is 20.1 Å². The molecular weight excluding hydrogens is 167 g/mol. The van der Waals surface area contributed by atoms with Crippen LogP contribution in [0.15, 0.2) is 0 Å². The van der Waals surface area contributed by atoms with Gasteiger partial charge in [-0.25, -0.2) is 0 Å². The highest BCUT2D eigenvalue weighted by Gasteiger charge is 2.28. The molecule has 0 aromatic rings. The maximum Gasteiger partial charge on any atom is 0.304 e. The van der Waals surface area contributed by atoms with Crippen molar-refractivity contribution in [3.63, 3.8) is 0 Å². The summed E-state index contributed by atoms with van der Waals surface area (Å²) >= 11 is 0. The van der Waals surface area contributed by atoms with Crippen molar-refractivity contribution in [3.8, 4) is 0 Å². The van der Waals surface area contributed by atoms with Crippen LogP contribution in [0.3, 0.4) is 0 Å². The summed E-state index contributed by atoms with van der Waals surface area (Å²) in [6, 6.07) is 0.356. The molecule has 1 saturated heterocycles. The average Bonchev–Trinajstić information content (AvgIpc) is 1.98. The Labute approximate surface area is 79.9 Å². The van der Waals surface area contributed by atoms with Crippen molar-refractivity contribution in [1.29, 1.82) is 0 Å². The monoisotopic (exact) mass is 182 g/mol. The molecule has 72 valence electrons. The van der Waals surface area contributed by atoms with E-state index in [0.717, 1.165) is 6.54 Å². The number of nitrogens with zero attached hydrogens (tertiary/aromatic N) is 2. The van der Waals surface area contributed by atoms with Crippen LogP contribution in [0.5, 0.6) is 0 Å². The minimum atomic E-state index is -0.764. The molecule has 0 bridgehead atoms. The van der Waals surface area contributed by atoms with Gasteiger partial charge in [0.15, 0.2) is 7.98 Å². The molecule has 1 fully saturated rings. The van der Waals surface area contributed by atoms with Gasteiger partial charge in [-0.3, -0.25) is 9.69 Å². The first kappa shape index (κ1) is 10.5. The third kappa shape index (κ3) is 2.71. The molecule has 0 saturated carbocycles. The van der Waals surface area contributed by atoms with E-state index in [2.05, 4.69) is 4.90 Å². The molecule has 2 unspecified atom stereocenters. The molecule has 0 aromatic heterocycles. The van der Waals surface area contributed by atoms with E-state index >= 15 is 0 Å². The van der Waals surface area contributed by atoms with E-state index in [1.165, 1.54) is 0 Å². The smallest absolute Gasteiger partial charge is 0.304 e. The topological polar surface area (TPSA) is 43.8 Å². The Morgan fingerprint density at radius 2 is 2.23 bits per heavy atom. The van der Waals surface area contributed by atoms with Crippen LogP contribution in [-0.2, 0) is 4.79 Å². The molecule has 5 heteroatoms. The average molecular weight is 182 g/mol. The number of piperazine rings is 1. The standard InChI is InChI=1S/C8H15BN2O2/c1-6-4-11(9)5-7(10(6)2)3-8(12)13/h6-7H,3-5H2,1-2H3,(H,12,13). The minimum absolute atomic E-state index is 0.0336. The van der Waals surface area contributed by atoms with Crippen LogP contribution in [0.1, 0.15) is 13.3 Å². The number of carboxylic acids is 1. The van der Waals surface area contributed by atoms with Crippen molar-refractivity contribution < 1.29 is 9.90 Å². The van der Waals surface area contributed by atoms with Gasteiger partial charge >= 0.3 is 5.97 Å². The number of hydrogen-bond acceptors (Lipinski definition) is 3.